The molecule has 0 amide bonds. The Balaban J connectivity index is 1.62. The topological polar surface area (TPSA) is 37.8 Å². The van der Waals surface area contributed by atoms with Gasteiger partial charge in [0.25, 0.3) is 0 Å². The molecule has 4 bridgehead atoms. The summed E-state index contributed by atoms with van der Waals surface area (Å²) in [6.07, 6.45) is 8.32. The van der Waals surface area contributed by atoms with Crippen LogP contribution in [0.3, 0.4) is 0 Å². The SMILES string of the molecule is Clc1nsnc1NC12CC3CC(CC(C3)C1)C2. The first-order valence-electron chi connectivity index (χ1n) is 6.49. The van der Waals surface area contributed by atoms with Gasteiger partial charge < -0.3 is 5.32 Å². The van der Waals surface area contributed by atoms with Crippen molar-refractivity contribution < 1.29 is 0 Å². The fraction of sp³-hybridized carbons (Fsp3) is 0.833. The van der Waals surface area contributed by atoms with Crippen LogP contribution >= 0.6 is 23.3 Å². The van der Waals surface area contributed by atoms with Crippen molar-refractivity contribution >= 4 is 29.1 Å². The highest BCUT2D eigenvalue weighted by molar-refractivity contribution is 6.99. The molecular weight excluding hydrogens is 254 g/mol. The zero-order valence-electron chi connectivity index (χ0n) is 9.66. The molecule has 1 aromatic rings. The number of halogens is 1. The second-order valence-corrected chi connectivity index (χ2v) is 7.11. The molecule has 0 aliphatic heterocycles. The molecule has 4 fully saturated rings. The Morgan fingerprint density at radius 3 is 2.12 bits per heavy atom. The lowest BCUT2D eigenvalue weighted by atomic mass is 9.53. The van der Waals surface area contributed by atoms with Crippen LogP contribution in [0.1, 0.15) is 38.5 Å². The van der Waals surface area contributed by atoms with Crippen LogP contribution < -0.4 is 5.32 Å². The Hall–Kier alpha value is -0.350. The molecule has 1 aromatic heterocycles. The summed E-state index contributed by atoms with van der Waals surface area (Å²) in [4.78, 5) is 0. The molecule has 5 heteroatoms. The van der Waals surface area contributed by atoms with E-state index in [1.807, 2.05) is 0 Å². The molecule has 0 atom stereocenters. The number of hydrogen-bond acceptors (Lipinski definition) is 4. The van der Waals surface area contributed by atoms with Crippen molar-refractivity contribution in [3.8, 4) is 0 Å². The first-order chi connectivity index (χ1) is 8.22. The fourth-order valence-electron chi connectivity index (χ4n) is 4.77. The molecule has 0 spiro atoms. The third-order valence-electron chi connectivity index (χ3n) is 4.87. The first kappa shape index (κ1) is 10.6. The van der Waals surface area contributed by atoms with Crippen molar-refractivity contribution in [2.75, 3.05) is 5.32 Å². The van der Waals surface area contributed by atoms with Crippen LogP contribution in [-0.4, -0.2) is 14.3 Å². The van der Waals surface area contributed by atoms with Gasteiger partial charge in [-0.3, -0.25) is 0 Å². The van der Waals surface area contributed by atoms with Crippen molar-refractivity contribution in [2.24, 2.45) is 17.8 Å². The smallest absolute Gasteiger partial charge is 0.186 e. The van der Waals surface area contributed by atoms with Gasteiger partial charge in [0, 0.05) is 5.54 Å². The van der Waals surface area contributed by atoms with E-state index >= 15 is 0 Å². The predicted octanol–water partition coefficient (Wildman–Crippen LogP) is 3.57. The lowest BCUT2D eigenvalue weighted by Gasteiger charge is -2.57. The summed E-state index contributed by atoms with van der Waals surface area (Å²) in [5, 5.41) is 4.19. The van der Waals surface area contributed by atoms with Crippen molar-refractivity contribution in [1.29, 1.82) is 0 Å². The molecule has 1 N–H and O–H groups in total. The molecule has 17 heavy (non-hydrogen) atoms. The standard InChI is InChI=1S/C12H16ClN3S/c13-10-11(16-17-15-10)14-12-4-7-1-8(5-12)3-9(2-7)6-12/h7-9H,1-6H2,(H,14,16). The van der Waals surface area contributed by atoms with Gasteiger partial charge in [-0.25, -0.2) is 0 Å². The summed E-state index contributed by atoms with van der Waals surface area (Å²) in [5.74, 6) is 3.65. The molecule has 3 nitrogen and oxygen atoms in total. The van der Waals surface area contributed by atoms with Crippen molar-refractivity contribution in [2.45, 2.75) is 44.1 Å². The van der Waals surface area contributed by atoms with E-state index in [2.05, 4.69) is 14.1 Å². The molecule has 4 aliphatic rings. The summed E-state index contributed by atoms with van der Waals surface area (Å²) in [6.45, 7) is 0. The Bertz CT molecular complexity index is 409. The van der Waals surface area contributed by atoms with Crippen LogP contribution in [0.15, 0.2) is 0 Å². The Morgan fingerprint density at radius 2 is 1.65 bits per heavy atom. The second kappa shape index (κ2) is 3.58. The number of rotatable bonds is 2. The maximum Gasteiger partial charge on any atom is 0.186 e. The van der Waals surface area contributed by atoms with E-state index in [-0.39, 0.29) is 5.54 Å². The lowest BCUT2D eigenvalue weighted by Crippen LogP contribution is -2.54. The minimum Gasteiger partial charge on any atom is -0.361 e. The van der Waals surface area contributed by atoms with E-state index in [0.29, 0.717) is 5.15 Å². The molecule has 5 rings (SSSR count). The molecule has 0 unspecified atom stereocenters. The van der Waals surface area contributed by atoms with Gasteiger partial charge in [-0.05, 0) is 56.3 Å². The van der Waals surface area contributed by atoms with E-state index in [0.717, 1.165) is 23.6 Å². The number of aromatic nitrogens is 2. The van der Waals surface area contributed by atoms with Gasteiger partial charge in [-0.1, -0.05) is 11.6 Å². The highest BCUT2D eigenvalue weighted by Gasteiger charge is 2.51. The Kier molecular flexibility index (Phi) is 2.22. The quantitative estimate of drug-likeness (QED) is 0.892. The van der Waals surface area contributed by atoms with Crippen molar-refractivity contribution in [1.82, 2.24) is 8.75 Å². The van der Waals surface area contributed by atoms with Crippen LogP contribution in [-0.2, 0) is 0 Å². The third kappa shape index (κ3) is 1.68. The second-order valence-electron chi connectivity index (χ2n) is 6.23. The molecule has 0 aromatic carbocycles. The molecule has 4 aliphatic carbocycles. The minimum absolute atomic E-state index is 0.286. The van der Waals surface area contributed by atoms with Crippen LogP contribution in [0.4, 0.5) is 5.82 Å². The van der Waals surface area contributed by atoms with Crippen molar-refractivity contribution in [3.63, 3.8) is 0 Å². The molecule has 4 saturated carbocycles. The summed E-state index contributed by atoms with van der Waals surface area (Å²) < 4.78 is 8.33. The average Bonchev–Trinajstić information content (AvgIpc) is 2.61. The molecular formula is C12H16ClN3S. The van der Waals surface area contributed by atoms with Gasteiger partial charge in [-0.2, -0.15) is 8.75 Å². The summed E-state index contributed by atoms with van der Waals surface area (Å²) in [7, 11) is 0. The van der Waals surface area contributed by atoms with E-state index in [9.17, 15) is 0 Å². The highest BCUT2D eigenvalue weighted by atomic mass is 35.5. The largest absolute Gasteiger partial charge is 0.361 e. The van der Waals surface area contributed by atoms with E-state index in [1.54, 1.807) is 0 Å². The van der Waals surface area contributed by atoms with Gasteiger partial charge in [0.1, 0.15) is 0 Å². The van der Waals surface area contributed by atoms with Gasteiger partial charge >= 0.3 is 0 Å². The van der Waals surface area contributed by atoms with Gasteiger partial charge in [0.05, 0.1) is 11.7 Å². The van der Waals surface area contributed by atoms with Gasteiger partial charge in [0.15, 0.2) is 11.0 Å². The van der Waals surface area contributed by atoms with Crippen LogP contribution in [0.25, 0.3) is 0 Å². The highest BCUT2D eigenvalue weighted by Crippen LogP contribution is 2.56. The van der Waals surface area contributed by atoms with Crippen molar-refractivity contribution in [3.05, 3.63) is 5.15 Å². The maximum absolute atomic E-state index is 6.05. The molecule has 1 heterocycles. The Labute approximate surface area is 110 Å². The normalized spacial score (nSPS) is 43.0. The average molecular weight is 270 g/mol. The fourth-order valence-corrected chi connectivity index (χ4v) is 5.41. The van der Waals surface area contributed by atoms with Crippen LogP contribution in [0, 0.1) is 17.8 Å². The van der Waals surface area contributed by atoms with E-state index in [4.69, 9.17) is 11.6 Å². The predicted molar refractivity (Wildman–Crippen MR) is 69.4 cm³/mol. The zero-order valence-corrected chi connectivity index (χ0v) is 11.2. The van der Waals surface area contributed by atoms with E-state index < -0.39 is 0 Å². The number of nitrogens with one attached hydrogen (secondary N) is 1. The van der Waals surface area contributed by atoms with E-state index in [1.165, 1.54) is 50.3 Å². The minimum atomic E-state index is 0.286. The maximum atomic E-state index is 6.05. The molecule has 0 radical (unpaired) electrons. The number of anilines is 1. The number of hydrogen-bond donors (Lipinski definition) is 1. The zero-order chi connectivity index (χ0) is 11.5. The van der Waals surface area contributed by atoms with Crippen LogP contribution in [0.2, 0.25) is 5.15 Å². The first-order valence-corrected chi connectivity index (χ1v) is 7.59. The molecule has 92 valence electrons. The van der Waals surface area contributed by atoms with Gasteiger partial charge in [0.2, 0.25) is 0 Å². The summed E-state index contributed by atoms with van der Waals surface area (Å²) in [5.41, 5.74) is 0.286. The molecule has 0 saturated heterocycles. The van der Waals surface area contributed by atoms with Crippen LogP contribution in [0.5, 0.6) is 0 Å². The summed E-state index contributed by atoms with van der Waals surface area (Å²) in [6, 6.07) is 0. The van der Waals surface area contributed by atoms with Gasteiger partial charge in [-0.15, -0.1) is 0 Å². The number of nitrogens with zero attached hydrogens (tertiary/aromatic N) is 2. The third-order valence-corrected chi connectivity index (χ3v) is 5.76. The lowest BCUT2D eigenvalue weighted by molar-refractivity contribution is 0.0106. The monoisotopic (exact) mass is 269 g/mol. The Morgan fingerprint density at radius 1 is 1.06 bits per heavy atom. The summed E-state index contributed by atoms with van der Waals surface area (Å²) >= 11 is 7.25.